The summed E-state index contributed by atoms with van der Waals surface area (Å²) in [5.74, 6) is -0.361. The molecule has 6 heteroatoms. The van der Waals surface area contributed by atoms with Gasteiger partial charge in [-0.25, -0.2) is 0 Å². The van der Waals surface area contributed by atoms with E-state index >= 15 is 0 Å². The fraction of sp³-hybridized carbons (Fsp3) is 0.800. The number of rotatable bonds is 5. The third-order valence-corrected chi connectivity index (χ3v) is 2.78. The van der Waals surface area contributed by atoms with Gasteiger partial charge in [0.15, 0.2) is 0 Å². The maximum atomic E-state index is 11.1. The van der Waals surface area contributed by atoms with E-state index in [1.165, 1.54) is 0 Å². The van der Waals surface area contributed by atoms with Crippen LogP contribution in [0.15, 0.2) is 0 Å². The molecule has 2 unspecified atom stereocenters. The van der Waals surface area contributed by atoms with Gasteiger partial charge in [-0.1, -0.05) is 0 Å². The van der Waals surface area contributed by atoms with Gasteiger partial charge in [0.2, 0.25) is 0 Å². The van der Waals surface area contributed by atoms with Crippen molar-refractivity contribution in [1.29, 1.82) is 0 Å². The van der Waals surface area contributed by atoms with Crippen molar-refractivity contribution in [3.05, 3.63) is 0 Å². The van der Waals surface area contributed by atoms with Crippen molar-refractivity contribution < 1.29 is 19.1 Å². The lowest BCUT2D eigenvalue weighted by molar-refractivity contribution is -0.140. The molecular formula is C10H16N2O4. The fourth-order valence-corrected chi connectivity index (χ4v) is 1.86. The number of carbonyl (C=O) groups excluding carboxylic acids is 2. The first-order valence-corrected chi connectivity index (χ1v) is 5.57. The molecule has 0 spiro atoms. The number of ether oxygens (including phenoxy) is 2. The van der Waals surface area contributed by atoms with Crippen molar-refractivity contribution in [2.24, 2.45) is 0 Å². The van der Waals surface area contributed by atoms with Gasteiger partial charge in [-0.2, -0.15) is 0 Å². The highest BCUT2D eigenvalue weighted by molar-refractivity contribution is 5.77. The first kappa shape index (κ1) is 11.3. The smallest absolute Gasteiger partial charge is 0.323 e. The van der Waals surface area contributed by atoms with E-state index in [4.69, 9.17) is 9.47 Å². The molecule has 0 aromatic heterocycles. The molecule has 2 aliphatic rings. The summed E-state index contributed by atoms with van der Waals surface area (Å²) in [7, 11) is 0. The molecule has 0 aliphatic carbocycles. The molecule has 2 fully saturated rings. The van der Waals surface area contributed by atoms with Crippen LogP contribution in [0, 0.1) is 0 Å². The van der Waals surface area contributed by atoms with Crippen molar-refractivity contribution >= 4 is 11.9 Å². The number of nitrogens with one attached hydrogen (secondary N) is 2. The molecule has 2 heterocycles. The predicted octanol–water partition coefficient (Wildman–Crippen LogP) is -1.20. The van der Waals surface area contributed by atoms with Gasteiger partial charge < -0.3 is 20.1 Å². The summed E-state index contributed by atoms with van der Waals surface area (Å²) in [6.07, 6.45) is 1.45. The van der Waals surface area contributed by atoms with E-state index in [0.717, 1.165) is 12.8 Å². The summed E-state index contributed by atoms with van der Waals surface area (Å²) in [5.41, 5.74) is 0. The standard InChI is InChI=1S/C10H16N2O4/c13-9-7(1-5-15-9)11-3-4-12-8-2-6-16-10(8)14/h7-8,11-12H,1-6H2. The van der Waals surface area contributed by atoms with Crippen LogP contribution in [0.25, 0.3) is 0 Å². The quantitative estimate of drug-likeness (QED) is 0.454. The molecule has 0 radical (unpaired) electrons. The summed E-state index contributed by atoms with van der Waals surface area (Å²) in [6.45, 7) is 2.28. The lowest BCUT2D eigenvalue weighted by Crippen LogP contribution is -2.41. The largest absolute Gasteiger partial charge is 0.464 e. The molecule has 2 N–H and O–H groups in total. The number of esters is 2. The number of cyclic esters (lactones) is 2. The second-order valence-corrected chi connectivity index (χ2v) is 3.93. The first-order chi connectivity index (χ1) is 7.77. The topological polar surface area (TPSA) is 76.7 Å². The van der Waals surface area contributed by atoms with Crippen molar-refractivity contribution in [2.45, 2.75) is 24.9 Å². The lowest BCUT2D eigenvalue weighted by Gasteiger charge is -2.11. The summed E-state index contributed by atoms with van der Waals surface area (Å²) < 4.78 is 9.63. The second-order valence-electron chi connectivity index (χ2n) is 3.93. The summed E-state index contributed by atoms with van der Waals surface area (Å²) in [6, 6.07) is -0.366. The van der Waals surface area contributed by atoms with Crippen molar-refractivity contribution in [1.82, 2.24) is 10.6 Å². The van der Waals surface area contributed by atoms with Gasteiger partial charge in [0.05, 0.1) is 13.2 Å². The van der Waals surface area contributed by atoms with Gasteiger partial charge >= 0.3 is 11.9 Å². The minimum absolute atomic E-state index is 0.180. The first-order valence-electron chi connectivity index (χ1n) is 5.57. The number of hydrogen-bond donors (Lipinski definition) is 2. The van der Waals surface area contributed by atoms with Crippen LogP contribution < -0.4 is 10.6 Å². The number of carbonyl (C=O) groups is 2. The normalized spacial score (nSPS) is 29.2. The van der Waals surface area contributed by atoms with Gasteiger partial charge in [-0.15, -0.1) is 0 Å². The highest BCUT2D eigenvalue weighted by Crippen LogP contribution is 2.06. The minimum atomic E-state index is -0.183. The Balaban J connectivity index is 1.58. The van der Waals surface area contributed by atoms with E-state index in [1.807, 2.05) is 0 Å². The van der Waals surface area contributed by atoms with E-state index in [2.05, 4.69) is 10.6 Å². The number of hydrogen-bond acceptors (Lipinski definition) is 6. The molecular weight excluding hydrogens is 212 g/mol. The van der Waals surface area contributed by atoms with E-state index in [9.17, 15) is 9.59 Å². The highest BCUT2D eigenvalue weighted by Gasteiger charge is 2.27. The van der Waals surface area contributed by atoms with Crippen molar-refractivity contribution in [3.63, 3.8) is 0 Å². The molecule has 2 aliphatic heterocycles. The molecule has 0 aromatic rings. The SMILES string of the molecule is O=C1OCCC1NCCNC1CCOC1=O. The van der Waals surface area contributed by atoms with Crippen LogP contribution in [-0.4, -0.2) is 50.3 Å². The second kappa shape index (κ2) is 5.27. The highest BCUT2D eigenvalue weighted by atomic mass is 16.5. The zero-order valence-electron chi connectivity index (χ0n) is 9.03. The predicted molar refractivity (Wildman–Crippen MR) is 54.7 cm³/mol. The van der Waals surface area contributed by atoms with Crippen LogP contribution >= 0.6 is 0 Å². The maximum absolute atomic E-state index is 11.1. The zero-order chi connectivity index (χ0) is 11.4. The van der Waals surface area contributed by atoms with Crippen LogP contribution in [0.3, 0.4) is 0 Å². The molecule has 0 aromatic carbocycles. The van der Waals surface area contributed by atoms with Crippen LogP contribution in [0.1, 0.15) is 12.8 Å². The van der Waals surface area contributed by atoms with E-state index in [1.54, 1.807) is 0 Å². The average Bonchev–Trinajstić information content (AvgIpc) is 2.84. The van der Waals surface area contributed by atoms with E-state index in [-0.39, 0.29) is 24.0 Å². The lowest BCUT2D eigenvalue weighted by atomic mass is 10.2. The average molecular weight is 228 g/mol. The molecule has 6 nitrogen and oxygen atoms in total. The van der Waals surface area contributed by atoms with Gasteiger partial charge in [0, 0.05) is 25.9 Å². The molecule has 0 amide bonds. The monoisotopic (exact) mass is 228 g/mol. The summed E-state index contributed by atoms with van der Waals surface area (Å²) in [4.78, 5) is 22.2. The molecule has 2 saturated heterocycles. The Morgan fingerprint density at radius 2 is 1.38 bits per heavy atom. The summed E-state index contributed by atoms with van der Waals surface area (Å²) >= 11 is 0. The molecule has 2 atom stereocenters. The van der Waals surface area contributed by atoms with Crippen LogP contribution in [0.2, 0.25) is 0 Å². The Morgan fingerprint density at radius 3 is 1.69 bits per heavy atom. The van der Waals surface area contributed by atoms with Gasteiger partial charge in [-0.3, -0.25) is 9.59 Å². The third-order valence-electron chi connectivity index (χ3n) is 2.78. The molecule has 0 bridgehead atoms. The van der Waals surface area contributed by atoms with E-state index < -0.39 is 0 Å². The Kier molecular flexibility index (Phi) is 3.74. The van der Waals surface area contributed by atoms with Crippen LogP contribution in [0.5, 0.6) is 0 Å². The molecule has 16 heavy (non-hydrogen) atoms. The van der Waals surface area contributed by atoms with Crippen LogP contribution in [-0.2, 0) is 19.1 Å². The van der Waals surface area contributed by atoms with Gasteiger partial charge in [-0.05, 0) is 0 Å². The summed E-state index contributed by atoms with van der Waals surface area (Å²) in [5, 5.41) is 6.16. The molecule has 2 rings (SSSR count). The Morgan fingerprint density at radius 1 is 0.938 bits per heavy atom. The maximum Gasteiger partial charge on any atom is 0.323 e. The van der Waals surface area contributed by atoms with Gasteiger partial charge in [0.25, 0.3) is 0 Å². The van der Waals surface area contributed by atoms with E-state index in [0.29, 0.717) is 26.3 Å². The Hall–Kier alpha value is -1.14. The third kappa shape index (κ3) is 2.70. The minimum Gasteiger partial charge on any atom is -0.464 e. The fourth-order valence-electron chi connectivity index (χ4n) is 1.86. The van der Waals surface area contributed by atoms with Gasteiger partial charge in [0.1, 0.15) is 12.1 Å². The Labute approximate surface area is 93.7 Å². The van der Waals surface area contributed by atoms with Crippen LogP contribution in [0.4, 0.5) is 0 Å². The van der Waals surface area contributed by atoms with Crippen molar-refractivity contribution in [2.75, 3.05) is 26.3 Å². The van der Waals surface area contributed by atoms with Crippen molar-refractivity contribution in [3.8, 4) is 0 Å². The zero-order valence-corrected chi connectivity index (χ0v) is 9.03. The Bertz CT molecular complexity index is 254. The molecule has 0 saturated carbocycles. The molecule has 90 valence electrons.